The second-order valence-corrected chi connectivity index (χ2v) is 5.57. The topological polar surface area (TPSA) is 70.6 Å². The summed E-state index contributed by atoms with van der Waals surface area (Å²) in [6, 6.07) is 14.1. The number of nitrogens with one attached hydrogen (secondary N) is 2. The number of benzene rings is 2. The number of ether oxygens (including phenoxy) is 1. The summed E-state index contributed by atoms with van der Waals surface area (Å²) in [6.45, 7) is 4.47. The van der Waals surface area contributed by atoms with Gasteiger partial charge in [-0.3, -0.25) is 0 Å². The first kappa shape index (κ1) is 17.8. The van der Waals surface area contributed by atoms with Gasteiger partial charge in [0.05, 0.1) is 19.3 Å². The zero-order valence-electron chi connectivity index (χ0n) is 14.1. The molecule has 2 amide bonds. The molecule has 0 spiro atoms. The fourth-order valence-corrected chi connectivity index (χ4v) is 2.32. The molecule has 0 saturated heterocycles. The minimum Gasteiger partial charge on any atom is -0.494 e. The van der Waals surface area contributed by atoms with E-state index in [2.05, 4.69) is 17.6 Å². The third-order valence-electron chi connectivity index (χ3n) is 3.61. The number of urea groups is 1. The Morgan fingerprint density at radius 2 is 1.96 bits per heavy atom. The maximum Gasteiger partial charge on any atom is 0.319 e. The van der Waals surface area contributed by atoms with Gasteiger partial charge < -0.3 is 20.5 Å². The van der Waals surface area contributed by atoms with E-state index in [1.54, 1.807) is 0 Å². The van der Waals surface area contributed by atoms with Crippen molar-refractivity contribution in [3.05, 3.63) is 59.7 Å². The van der Waals surface area contributed by atoms with Gasteiger partial charge in [0.1, 0.15) is 5.75 Å². The van der Waals surface area contributed by atoms with Gasteiger partial charge in [0, 0.05) is 5.69 Å². The Morgan fingerprint density at radius 1 is 1.21 bits per heavy atom. The van der Waals surface area contributed by atoms with Gasteiger partial charge in [0.25, 0.3) is 0 Å². The molecule has 128 valence electrons. The highest BCUT2D eigenvalue weighted by Crippen LogP contribution is 2.22. The molecule has 0 aliphatic heterocycles. The molecular weight excluding hydrogens is 304 g/mol. The quantitative estimate of drug-likeness (QED) is 0.727. The molecule has 5 heteroatoms. The second-order valence-electron chi connectivity index (χ2n) is 5.57. The van der Waals surface area contributed by atoms with Gasteiger partial charge in [-0.05, 0) is 42.7 Å². The summed E-state index contributed by atoms with van der Waals surface area (Å²) in [4.78, 5) is 12.2. The summed E-state index contributed by atoms with van der Waals surface area (Å²) in [5, 5.41) is 15.1. The lowest BCUT2D eigenvalue weighted by atomic mass is 10.1. The number of rotatable bonds is 7. The monoisotopic (exact) mass is 328 g/mol. The highest BCUT2D eigenvalue weighted by molar-refractivity contribution is 5.90. The van der Waals surface area contributed by atoms with Crippen molar-refractivity contribution in [3.8, 4) is 5.75 Å². The van der Waals surface area contributed by atoms with Crippen molar-refractivity contribution >= 4 is 11.7 Å². The number of anilines is 1. The van der Waals surface area contributed by atoms with Crippen molar-refractivity contribution in [2.24, 2.45) is 0 Å². The molecule has 5 nitrogen and oxygen atoms in total. The van der Waals surface area contributed by atoms with E-state index in [9.17, 15) is 9.90 Å². The Kier molecular flexibility index (Phi) is 6.63. The van der Waals surface area contributed by atoms with Crippen LogP contribution in [-0.2, 0) is 0 Å². The smallest absolute Gasteiger partial charge is 0.319 e. The number of carbonyl (C=O) groups is 1. The predicted octanol–water partition coefficient (Wildman–Crippen LogP) is 3.64. The van der Waals surface area contributed by atoms with E-state index in [0.29, 0.717) is 12.3 Å². The molecule has 0 heterocycles. The number of aliphatic hydroxyl groups is 1. The first-order chi connectivity index (χ1) is 11.6. The van der Waals surface area contributed by atoms with Crippen molar-refractivity contribution in [1.82, 2.24) is 5.32 Å². The van der Waals surface area contributed by atoms with Gasteiger partial charge in [0.15, 0.2) is 0 Å². The maximum atomic E-state index is 12.2. The zero-order valence-corrected chi connectivity index (χ0v) is 14.1. The molecule has 2 aromatic carbocycles. The lowest BCUT2D eigenvalue weighted by Crippen LogP contribution is -2.34. The average Bonchev–Trinajstić information content (AvgIpc) is 2.60. The average molecular weight is 328 g/mol. The molecule has 0 radical (unpaired) electrons. The summed E-state index contributed by atoms with van der Waals surface area (Å²) in [5.41, 5.74) is 2.48. The molecule has 3 N–H and O–H groups in total. The van der Waals surface area contributed by atoms with Gasteiger partial charge >= 0.3 is 6.03 Å². The van der Waals surface area contributed by atoms with Crippen LogP contribution in [0.3, 0.4) is 0 Å². The molecule has 1 unspecified atom stereocenters. The molecule has 0 bridgehead atoms. The number of amides is 2. The summed E-state index contributed by atoms with van der Waals surface area (Å²) in [6.07, 6.45) is 0.948. The lowest BCUT2D eigenvalue weighted by molar-refractivity contribution is 0.225. The number of aliphatic hydroxyl groups excluding tert-OH is 1. The van der Waals surface area contributed by atoms with Crippen molar-refractivity contribution in [1.29, 1.82) is 0 Å². The Morgan fingerprint density at radius 3 is 2.58 bits per heavy atom. The van der Waals surface area contributed by atoms with Crippen LogP contribution in [0.4, 0.5) is 10.5 Å². The summed E-state index contributed by atoms with van der Waals surface area (Å²) < 4.78 is 5.57. The van der Waals surface area contributed by atoms with Crippen LogP contribution in [0.25, 0.3) is 0 Å². The summed E-state index contributed by atoms with van der Waals surface area (Å²) in [5.74, 6) is 0.790. The van der Waals surface area contributed by atoms with Gasteiger partial charge in [-0.25, -0.2) is 4.79 Å². The van der Waals surface area contributed by atoms with E-state index in [1.165, 1.54) is 0 Å². The minimum absolute atomic E-state index is 0.166. The Balaban J connectivity index is 1.98. The standard InChI is InChI=1S/C19H24N2O3/c1-3-11-24-16-9-10-17(14(2)12-16)20-19(23)21-18(13-22)15-7-5-4-6-8-15/h4-10,12,18,22H,3,11,13H2,1-2H3,(H2,20,21,23). The molecule has 24 heavy (non-hydrogen) atoms. The van der Waals surface area contributed by atoms with E-state index in [1.807, 2.05) is 55.5 Å². The SMILES string of the molecule is CCCOc1ccc(NC(=O)NC(CO)c2ccccc2)c(C)c1. The highest BCUT2D eigenvalue weighted by atomic mass is 16.5. The Hall–Kier alpha value is -2.53. The summed E-state index contributed by atoms with van der Waals surface area (Å²) >= 11 is 0. The molecule has 2 aromatic rings. The van der Waals surface area contributed by atoms with Gasteiger partial charge in [0.2, 0.25) is 0 Å². The van der Waals surface area contributed by atoms with E-state index in [0.717, 1.165) is 23.3 Å². The van der Waals surface area contributed by atoms with E-state index in [4.69, 9.17) is 4.74 Å². The first-order valence-electron chi connectivity index (χ1n) is 8.10. The fourth-order valence-electron chi connectivity index (χ4n) is 2.32. The lowest BCUT2D eigenvalue weighted by Gasteiger charge is -2.18. The maximum absolute atomic E-state index is 12.2. The van der Waals surface area contributed by atoms with Crippen molar-refractivity contribution in [2.45, 2.75) is 26.3 Å². The zero-order chi connectivity index (χ0) is 17.4. The van der Waals surface area contributed by atoms with Crippen LogP contribution in [0.1, 0.15) is 30.5 Å². The van der Waals surface area contributed by atoms with Crippen LogP contribution in [0.5, 0.6) is 5.75 Å². The Labute approximate surface area is 142 Å². The van der Waals surface area contributed by atoms with Gasteiger partial charge in [-0.1, -0.05) is 37.3 Å². The van der Waals surface area contributed by atoms with Gasteiger partial charge in [-0.2, -0.15) is 0 Å². The van der Waals surface area contributed by atoms with Crippen molar-refractivity contribution < 1.29 is 14.6 Å². The molecule has 2 rings (SSSR count). The van der Waals surface area contributed by atoms with E-state index < -0.39 is 6.04 Å². The van der Waals surface area contributed by atoms with Crippen LogP contribution in [0, 0.1) is 6.92 Å². The van der Waals surface area contributed by atoms with Crippen LogP contribution >= 0.6 is 0 Å². The van der Waals surface area contributed by atoms with Crippen LogP contribution < -0.4 is 15.4 Å². The first-order valence-corrected chi connectivity index (χ1v) is 8.10. The normalized spacial score (nSPS) is 11.6. The molecule has 0 aromatic heterocycles. The van der Waals surface area contributed by atoms with E-state index >= 15 is 0 Å². The molecule has 0 fully saturated rings. The molecule has 1 atom stereocenters. The van der Waals surface area contributed by atoms with Crippen molar-refractivity contribution in [3.63, 3.8) is 0 Å². The van der Waals surface area contributed by atoms with Crippen LogP contribution in [0.15, 0.2) is 48.5 Å². The molecule has 0 aliphatic rings. The van der Waals surface area contributed by atoms with Crippen LogP contribution in [0.2, 0.25) is 0 Å². The van der Waals surface area contributed by atoms with Crippen LogP contribution in [-0.4, -0.2) is 24.4 Å². The summed E-state index contributed by atoms with van der Waals surface area (Å²) in [7, 11) is 0. The highest BCUT2D eigenvalue weighted by Gasteiger charge is 2.14. The number of hydrogen-bond acceptors (Lipinski definition) is 3. The number of carbonyl (C=O) groups excluding carboxylic acids is 1. The predicted molar refractivity (Wildman–Crippen MR) is 95.4 cm³/mol. The third-order valence-corrected chi connectivity index (χ3v) is 3.61. The minimum atomic E-state index is -0.446. The van der Waals surface area contributed by atoms with E-state index in [-0.39, 0.29) is 12.6 Å². The third kappa shape index (κ3) is 4.99. The molecular formula is C19H24N2O3. The van der Waals surface area contributed by atoms with Gasteiger partial charge in [-0.15, -0.1) is 0 Å². The number of aryl methyl sites for hydroxylation is 1. The van der Waals surface area contributed by atoms with Crippen molar-refractivity contribution in [2.75, 3.05) is 18.5 Å². The number of hydrogen-bond donors (Lipinski definition) is 3. The largest absolute Gasteiger partial charge is 0.494 e. The molecule has 0 aliphatic carbocycles. The molecule has 0 saturated carbocycles. The fraction of sp³-hybridized carbons (Fsp3) is 0.316. The second kappa shape index (κ2) is 8.93. The Bertz CT molecular complexity index is 659.